The molecule has 4 nitrogen and oxygen atoms in total. The van der Waals surface area contributed by atoms with E-state index in [0.29, 0.717) is 22.1 Å². The van der Waals surface area contributed by atoms with Crippen LogP contribution in [0.4, 0.5) is 5.00 Å². The monoisotopic (exact) mass is 270 g/mol. The highest BCUT2D eigenvalue weighted by Gasteiger charge is 2.14. The molecule has 1 rings (SSSR count). The molecule has 0 fully saturated rings. The molecule has 6 heteroatoms. The molecule has 1 heterocycles. The lowest BCUT2D eigenvalue weighted by Crippen LogP contribution is -2.14. The van der Waals surface area contributed by atoms with Crippen LogP contribution in [0, 0.1) is 25.2 Å². The number of aliphatic hydroxyl groups is 1. The average Bonchev–Trinajstić information content (AvgIpc) is 2.54. The fraction of sp³-hybridized carbons (Fsp3) is 0.455. The summed E-state index contributed by atoms with van der Waals surface area (Å²) in [5.41, 5.74) is 1.48. The molecule has 0 radical (unpaired) electrons. The standard InChI is InChI=1S/C11H14N2O2S2/c1-7-8(2)17-11(9(7)5-12)13-10(15)6-16-4-3-14/h14H,3-4,6H2,1-2H3,(H,13,15). The van der Waals surface area contributed by atoms with Crippen molar-refractivity contribution >= 4 is 34.0 Å². The Balaban J connectivity index is 2.66. The lowest BCUT2D eigenvalue weighted by Gasteiger charge is -2.02. The van der Waals surface area contributed by atoms with Crippen LogP contribution < -0.4 is 5.32 Å². The van der Waals surface area contributed by atoms with E-state index in [4.69, 9.17) is 10.4 Å². The normalized spacial score (nSPS) is 10.0. The lowest BCUT2D eigenvalue weighted by atomic mass is 10.2. The molecule has 0 atom stereocenters. The first-order chi connectivity index (χ1) is 8.10. The number of thioether (sulfide) groups is 1. The summed E-state index contributed by atoms with van der Waals surface area (Å²) >= 11 is 2.78. The molecule has 0 unspecified atom stereocenters. The molecule has 2 N–H and O–H groups in total. The first-order valence-corrected chi connectivity index (χ1v) is 7.05. The van der Waals surface area contributed by atoms with Crippen LogP contribution in [0.2, 0.25) is 0 Å². The molecule has 1 aromatic heterocycles. The smallest absolute Gasteiger partial charge is 0.235 e. The third kappa shape index (κ3) is 3.73. The number of aliphatic hydroxyl groups excluding tert-OH is 1. The van der Waals surface area contributed by atoms with Crippen molar-refractivity contribution in [3.05, 3.63) is 16.0 Å². The van der Waals surface area contributed by atoms with Gasteiger partial charge in [-0.3, -0.25) is 4.79 Å². The highest BCUT2D eigenvalue weighted by atomic mass is 32.2. The van der Waals surface area contributed by atoms with Crippen LogP contribution in [0.3, 0.4) is 0 Å². The summed E-state index contributed by atoms with van der Waals surface area (Å²) in [4.78, 5) is 12.6. The van der Waals surface area contributed by atoms with Crippen molar-refractivity contribution in [3.63, 3.8) is 0 Å². The topological polar surface area (TPSA) is 73.1 Å². The van der Waals surface area contributed by atoms with Gasteiger partial charge in [-0.1, -0.05) is 0 Å². The van der Waals surface area contributed by atoms with Gasteiger partial charge in [-0.2, -0.15) is 5.26 Å². The number of anilines is 1. The van der Waals surface area contributed by atoms with Crippen molar-refractivity contribution in [3.8, 4) is 6.07 Å². The number of nitrogens with zero attached hydrogens (tertiary/aromatic N) is 1. The Bertz CT molecular complexity index is 449. The third-order valence-electron chi connectivity index (χ3n) is 2.22. The third-order valence-corrected chi connectivity index (χ3v) is 4.28. The van der Waals surface area contributed by atoms with Gasteiger partial charge in [-0.05, 0) is 19.4 Å². The SMILES string of the molecule is Cc1sc(NC(=O)CSCCO)c(C#N)c1C. The largest absolute Gasteiger partial charge is 0.396 e. The molecule has 0 saturated heterocycles. The van der Waals surface area contributed by atoms with Crippen LogP contribution >= 0.6 is 23.1 Å². The molecule has 0 aliphatic rings. The molecule has 17 heavy (non-hydrogen) atoms. The number of amides is 1. The van der Waals surface area contributed by atoms with Gasteiger partial charge in [0.1, 0.15) is 11.1 Å². The van der Waals surface area contributed by atoms with Crippen molar-refractivity contribution in [2.24, 2.45) is 0 Å². The quantitative estimate of drug-likeness (QED) is 0.801. The van der Waals surface area contributed by atoms with Crippen LogP contribution in [0.5, 0.6) is 0 Å². The zero-order chi connectivity index (χ0) is 12.8. The minimum atomic E-state index is -0.138. The Labute approximate surface area is 109 Å². The summed E-state index contributed by atoms with van der Waals surface area (Å²) in [6.07, 6.45) is 0. The van der Waals surface area contributed by atoms with Crippen molar-refractivity contribution in [1.29, 1.82) is 5.26 Å². The lowest BCUT2D eigenvalue weighted by molar-refractivity contribution is -0.113. The molecule has 0 aliphatic carbocycles. The Morgan fingerprint density at radius 2 is 2.29 bits per heavy atom. The maximum atomic E-state index is 11.6. The number of aryl methyl sites for hydroxylation is 1. The predicted molar refractivity (Wildman–Crippen MR) is 71.5 cm³/mol. The maximum absolute atomic E-state index is 11.6. The van der Waals surface area contributed by atoms with Gasteiger partial charge in [-0.25, -0.2) is 0 Å². The molecule has 1 amide bonds. The van der Waals surface area contributed by atoms with Gasteiger partial charge in [0.15, 0.2) is 0 Å². The Hall–Kier alpha value is -1.03. The van der Waals surface area contributed by atoms with Crippen molar-refractivity contribution < 1.29 is 9.90 Å². The highest BCUT2D eigenvalue weighted by Crippen LogP contribution is 2.31. The van der Waals surface area contributed by atoms with Crippen molar-refractivity contribution in [2.75, 3.05) is 23.4 Å². The summed E-state index contributed by atoms with van der Waals surface area (Å²) in [6, 6.07) is 2.11. The van der Waals surface area contributed by atoms with E-state index in [2.05, 4.69) is 11.4 Å². The van der Waals surface area contributed by atoms with Crippen molar-refractivity contribution in [2.45, 2.75) is 13.8 Å². The van der Waals surface area contributed by atoms with Crippen LogP contribution in [0.25, 0.3) is 0 Å². The van der Waals surface area contributed by atoms with Crippen LogP contribution in [-0.2, 0) is 4.79 Å². The van der Waals surface area contributed by atoms with Gasteiger partial charge in [0, 0.05) is 10.6 Å². The maximum Gasteiger partial charge on any atom is 0.235 e. The van der Waals surface area contributed by atoms with Gasteiger partial charge < -0.3 is 10.4 Å². The molecular weight excluding hydrogens is 256 g/mol. The van der Waals surface area contributed by atoms with Gasteiger partial charge in [-0.15, -0.1) is 23.1 Å². The molecule has 0 bridgehead atoms. The summed E-state index contributed by atoms with van der Waals surface area (Å²) in [5.74, 6) is 0.698. The molecule has 92 valence electrons. The second kappa shape index (κ2) is 6.64. The number of carbonyl (C=O) groups excluding carboxylic acids is 1. The second-order valence-corrected chi connectivity index (χ2v) is 5.75. The zero-order valence-corrected chi connectivity index (χ0v) is 11.4. The van der Waals surface area contributed by atoms with E-state index in [1.165, 1.54) is 23.1 Å². The first-order valence-electron chi connectivity index (χ1n) is 5.08. The minimum absolute atomic E-state index is 0.0681. The van der Waals surface area contributed by atoms with E-state index in [1.807, 2.05) is 13.8 Å². The molecular formula is C11H14N2O2S2. The Morgan fingerprint density at radius 3 is 2.88 bits per heavy atom. The summed E-state index contributed by atoms with van der Waals surface area (Å²) < 4.78 is 0. The Kier molecular flexibility index (Phi) is 5.48. The van der Waals surface area contributed by atoms with Crippen LogP contribution in [-0.4, -0.2) is 29.1 Å². The number of nitrogens with one attached hydrogen (secondary N) is 1. The molecule has 0 saturated carbocycles. The van der Waals surface area contributed by atoms with E-state index < -0.39 is 0 Å². The van der Waals surface area contributed by atoms with Gasteiger partial charge >= 0.3 is 0 Å². The molecule has 0 spiro atoms. The minimum Gasteiger partial charge on any atom is -0.396 e. The van der Waals surface area contributed by atoms with E-state index >= 15 is 0 Å². The fourth-order valence-corrected chi connectivity index (χ4v) is 2.80. The highest BCUT2D eigenvalue weighted by molar-refractivity contribution is 7.99. The summed E-state index contributed by atoms with van der Waals surface area (Å²) in [5, 5.41) is 21.0. The Morgan fingerprint density at radius 1 is 1.59 bits per heavy atom. The van der Waals surface area contributed by atoms with E-state index in [9.17, 15) is 4.79 Å². The van der Waals surface area contributed by atoms with Crippen molar-refractivity contribution in [1.82, 2.24) is 0 Å². The van der Waals surface area contributed by atoms with Gasteiger partial charge in [0.05, 0.1) is 17.9 Å². The van der Waals surface area contributed by atoms with Crippen LogP contribution in [0.1, 0.15) is 16.0 Å². The van der Waals surface area contributed by atoms with E-state index in [-0.39, 0.29) is 12.5 Å². The summed E-state index contributed by atoms with van der Waals surface area (Å²) in [7, 11) is 0. The van der Waals surface area contributed by atoms with Gasteiger partial charge in [0.2, 0.25) is 5.91 Å². The predicted octanol–water partition coefficient (Wildman–Crippen LogP) is 1.90. The first kappa shape index (κ1) is 14.0. The number of hydrogen-bond acceptors (Lipinski definition) is 5. The molecule has 0 aromatic carbocycles. The molecule has 1 aromatic rings. The van der Waals surface area contributed by atoms with Gasteiger partial charge in [0.25, 0.3) is 0 Å². The average molecular weight is 270 g/mol. The number of rotatable bonds is 5. The van der Waals surface area contributed by atoms with E-state index in [1.54, 1.807) is 0 Å². The van der Waals surface area contributed by atoms with Crippen LogP contribution in [0.15, 0.2) is 0 Å². The fourth-order valence-electron chi connectivity index (χ4n) is 1.24. The summed E-state index contributed by atoms with van der Waals surface area (Å²) in [6.45, 7) is 3.87. The zero-order valence-electron chi connectivity index (χ0n) is 9.74. The number of thiophene rings is 1. The number of nitriles is 1. The number of carbonyl (C=O) groups is 1. The van der Waals surface area contributed by atoms with E-state index in [0.717, 1.165) is 10.4 Å². The second-order valence-electron chi connectivity index (χ2n) is 3.42. The number of hydrogen-bond donors (Lipinski definition) is 2. The molecule has 0 aliphatic heterocycles.